The van der Waals surface area contributed by atoms with Crippen LogP contribution < -0.4 is 10.6 Å². The Bertz CT molecular complexity index is 586. The fourth-order valence-electron chi connectivity index (χ4n) is 2.01. The van der Waals surface area contributed by atoms with Gasteiger partial charge in [0.1, 0.15) is 11.6 Å². The number of aromatic nitrogens is 2. The van der Waals surface area contributed by atoms with Crippen molar-refractivity contribution < 1.29 is 0 Å². The van der Waals surface area contributed by atoms with Gasteiger partial charge in [0.25, 0.3) is 0 Å². The number of benzene rings is 1. The molecule has 2 rings (SSSR count). The first-order chi connectivity index (χ1) is 9.60. The van der Waals surface area contributed by atoms with E-state index in [1.54, 1.807) is 6.20 Å². The van der Waals surface area contributed by atoms with E-state index in [0.717, 1.165) is 23.3 Å². The third kappa shape index (κ3) is 3.77. The maximum atomic E-state index is 5.57. The molecule has 0 amide bonds. The van der Waals surface area contributed by atoms with Crippen LogP contribution in [0.4, 0.5) is 5.82 Å². The highest BCUT2D eigenvalue weighted by Gasteiger charge is 2.06. The number of rotatable bonds is 5. The third-order valence-corrected chi connectivity index (χ3v) is 3.79. The smallest absolute Gasteiger partial charge is 0.144 e. The standard InChI is InChI=1S/C15H19BrN4/c1-11-3-4-13(16)9-12(11)6-8-20(2)15-5-7-18-14(10-17)19-15/h3-5,7,9H,6,8,10,17H2,1-2H3. The Morgan fingerprint density at radius 3 is 2.85 bits per heavy atom. The van der Waals surface area contributed by atoms with E-state index in [4.69, 9.17) is 5.73 Å². The van der Waals surface area contributed by atoms with Crippen LogP contribution in [0.1, 0.15) is 17.0 Å². The fraction of sp³-hybridized carbons (Fsp3) is 0.333. The van der Waals surface area contributed by atoms with Gasteiger partial charge >= 0.3 is 0 Å². The summed E-state index contributed by atoms with van der Waals surface area (Å²) in [5.41, 5.74) is 8.23. The summed E-state index contributed by atoms with van der Waals surface area (Å²) in [7, 11) is 2.04. The van der Waals surface area contributed by atoms with E-state index in [0.29, 0.717) is 12.4 Å². The fourth-order valence-corrected chi connectivity index (χ4v) is 2.42. The second-order valence-corrected chi connectivity index (χ2v) is 5.69. The Labute approximate surface area is 128 Å². The average Bonchev–Trinajstić information content (AvgIpc) is 2.48. The summed E-state index contributed by atoms with van der Waals surface area (Å²) in [6.07, 6.45) is 2.73. The summed E-state index contributed by atoms with van der Waals surface area (Å²) in [4.78, 5) is 10.7. The molecule has 106 valence electrons. The van der Waals surface area contributed by atoms with Gasteiger partial charge in [-0.3, -0.25) is 0 Å². The zero-order valence-electron chi connectivity index (χ0n) is 11.8. The van der Waals surface area contributed by atoms with Gasteiger partial charge < -0.3 is 10.6 Å². The van der Waals surface area contributed by atoms with Gasteiger partial charge in [0, 0.05) is 24.3 Å². The van der Waals surface area contributed by atoms with Gasteiger partial charge in [0.15, 0.2) is 0 Å². The number of nitrogens with two attached hydrogens (primary N) is 1. The van der Waals surface area contributed by atoms with Gasteiger partial charge in [-0.15, -0.1) is 0 Å². The monoisotopic (exact) mass is 334 g/mol. The Balaban J connectivity index is 2.04. The second kappa shape index (κ2) is 6.81. The molecule has 2 aromatic rings. The lowest BCUT2D eigenvalue weighted by Crippen LogP contribution is -2.22. The number of anilines is 1. The molecule has 1 heterocycles. The van der Waals surface area contributed by atoms with Crippen molar-refractivity contribution in [2.24, 2.45) is 5.73 Å². The lowest BCUT2D eigenvalue weighted by atomic mass is 10.1. The predicted octanol–water partition coefficient (Wildman–Crippen LogP) is 2.69. The van der Waals surface area contributed by atoms with E-state index in [-0.39, 0.29) is 0 Å². The number of likely N-dealkylation sites (N-methyl/N-ethyl adjacent to an activating group) is 1. The summed E-state index contributed by atoms with van der Waals surface area (Å²) in [6, 6.07) is 8.29. The van der Waals surface area contributed by atoms with Crippen LogP contribution in [-0.4, -0.2) is 23.6 Å². The zero-order chi connectivity index (χ0) is 14.5. The molecule has 0 saturated heterocycles. The zero-order valence-corrected chi connectivity index (χ0v) is 13.4. The number of hydrogen-bond donors (Lipinski definition) is 1. The van der Waals surface area contributed by atoms with E-state index in [1.807, 2.05) is 13.1 Å². The lowest BCUT2D eigenvalue weighted by Gasteiger charge is -2.19. The van der Waals surface area contributed by atoms with Crippen LogP contribution in [0.5, 0.6) is 0 Å². The van der Waals surface area contributed by atoms with Crippen LogP contribution in [0.3, 0.4) is 0 Å². The van der Waals surface area contributed by atoms with Crippen LogP contribution in [0.25, 0.3) is 0 Å². The molecule has 0 unspecified atom stereocenters. The van der Waals surface area contributed by atoms with Gasteiger partial charge in [-0.25, -0.2) is 9.97 Å². The Morgan fingerprint density at radius 2 is 2.10 bits per heavy atom. The van der Waals surface area contributed by atoms with Crippen molar-refractivity contribution in [2.45, 2.75) is 19.9 Å². The predicted molar refractivity (Wildman–Crippen MR) is 85.8 cm³/mol. The molecule has 1 aromatic carbocycles. The minimum Gasteiger partial charge on any atom is -0.359 e. The van der Waals surface area contributed by atoms with Crippen molar-refractivity contribution in [1.29, 1.82) is 0 Å². The molecular formula is C15H19BrN4. The highest BCUT2D eigenvalue weighted by molar-refractivity contribution is 9.10. The maximum absolute atomic E-state index is 5.57. The topological polar surface area (TPSA) is 55.0 Å². The number of nitrogens with zero attached hydrogens (tertiary/aromatic N) is 3. The molecule has 20 heavy (non-hydrogen) atoms. The highest BCUT2D eigenvalue weighted by Crippen LogP contribution is 2.17. The number of hydrogen-bond acceptors (Lipinski definition) is 4. The van der Waals surface area contributed by atoms with Gasteiger partial charge in [-0.2, -0.15) is 0 Å². The molecule has 0 aliphatic heterocycles. The van der Waals surface area contributed by atoms with E-state index in [9.17, 15) is 0 Å². The van der Waals surface area contributed by atoms with E-state index in [1.165, 1.54) is 11.1 Å². The summed E-state index contributed by atoms with van der Waals surface area (Å²) in [5.74, 6) is 1.58. The summed E-state index contributed by atoms with van der Waals surface area (Å²) in [6.45, 7) is 3.41. The molecular weight excluding hydrogens is 316 g/mol. The molecule has 5 heteroatoms. The summed E-state index contributed by atoms with van der Waals surface area (Å²) < 4.78 is 1.12. The molecule has 0 bridgehead atoms. The highest BCUT2D eigenvalue weighted by atomic mass is 79.9. The van der Waals surface area contributed by atoms with E-state index < -0.39 is 0 Å². The molecule has 0 radical (unpaired) electrons. The van der Waals surface area contributed by atoms with Crippen molar-refractivity contribution in [3.05, 3.63) is 51.9 Å². The van der Waals surface area contributed by atoms with Crippen molar-refractivity contribution in [3.63, 3.8) is 0 Å². The molecule has 0 saturated carbocycles. The molecule has 0 atom stereocenters. The molecule has 0 spiro atoms. The SMILES string of the molecule is Cc1ccc(Br)cc1CCN(C)c1ccnc(CN)n1. The van der Waals surface area contributed by atoms with E-state index >= 15 is 0 Å². The Kier molecular flexibility index (Phi) is 5.09. The van der Waals surface area contributed by atoms with Gasteiger partial charge in [-0.05, 0) is 42.7 Å². The van der Waals surface area contributed by atoms with E-state index in [2.05, 4.69) is 55.9 Å². The van der Waals surface area contributed by atoms with Crippen LogP contribution >= 0.6 is 15.9 Å². The van der Waals surface area contributed by atoms with Gasteiger partial charge in [0.2, 0.25) is 0 Å². The normalized spacial score (nSPS) is 10.6. The van der Waals surface area contributed by atoms with Crippen molar-refractivity contribution >= 4 is 21.7 Å². The van der Waals surface area contributed by atoms with Gasteiger partial charge in [0.05, 0.1) is 6.54 Å². The van der Waals surface area contributed by atoms with Crippen LogP contribution in [-0.2, 0) is 13.0 Å². The quantitative estimate of drug-likeness (QED) is 0.913. The minimum absolute atomic E-state index is 0.367. The first-order valence-corrected chi connectivity index (χ1v) is 7.37. The van der Waals surface area contributed by atoms with Crippen LogP contribution in [0.2, 0.25) is 0 Å². The average molecular weight is 335 g/mol. The lowest BCUT2D eigenvalue weighted by molar-refractivity contribution is 0.828. The molecule has 0 fully saturated rings. The Morgan fingerprint density at radius 1 is 1.30 bits per heavy atom. The summed E-state index contributed by atoms with van der Waals surface area (Å²) in [5, 5.41) is 0. The second-order valence-electron chi connectivity index (χ2n) is 4.78. The maximum Gasteiger partial charge on any atom is 0.144 e. The molecule has 2 N–H and O–H groups in total. The third-order valence-electron chi connectivity index (χ3n) is 3.29. The Hall–Kier alpha value is -1.46. The van der Waals surface area contributed by atoms with Gasteiger partial charge in [-0.1, -0.05) is 22.0 Å². The summed E-state index contributed by atoms with van der Waals surface area (Å²) >= 11 is 3.52. The number of halogens is 1. The first-order valence-electron chi connectivity index (χ1n) is 6.58. The molecule has 0 aliphatic rings. The largest absolute Gasteiger partial charge is 0.359 e. The van der Waals surface area contributed by atoms with Crippen molar-refractivity contribution in [3.8, 4) is 0 Å². The minimum atomic E-state index is 0.367. The van der Waals surface area contributed by atoms with Crippen LogP contribution in [0.15, 0.2) is 34.9 Å². The van der Waals surface area contributed by atoms with Crippen molar-refractivity contribution in [2.75, 3.05) is 18.5 Å². The first kappa shape index (κ1) is 14.9. The number of aryl methyl sites for hydroxylation is 1. The van der Waals surface area contributed by atoms with Crippen LogP contribution in [0, 0.1) is 6.92 Å². The van der Waals surface area contributed by atoms with Crippen molar-refractivity contribution in [1.82, 2.24) is 9.97 Å². The molecule has 4 nitrogen and oxygen atoms in total. The molecule has 0 aliphatic carbocycles. The molecule has 1 aromatic heterocycles.